The topological polar surface area (TPSA) is 71.8 Å². The van der Waals surface area contributed by atoms with Gasteiger partial charge >= 0.3 is 6.03 Å². The van der Waals surface area contributed by atoms with E-state index in [0.717, 1.165) is 11.3 Å². The normalized spacial score (nSPS) is 10.8. The molecule has 6 nitrogen and oxygen atoms in total. The molecule has 0 radical (unpaired) electrons. The minimum Gasteiger partial charge on any atom is -0.331 e. The SMILES string of the molecule is Cc1cccc(CSc2nnc(CNC(=O)Nc3cccc(F)c3)n2-c2cc(Cl)ccc2C)c1. The molecule has 34 heavy (non-hydrogen) atoms. The van der Waals surface area contributed by atoms with E-state index in [2.05, 4.69) is 46.0 Å². The van der Waals surface area contributed by atoms with E-state index in [0.29, 0.717) is 27.4 Å². The summed E-state index contributed by atoms with van der Waals surface area (Å²) < 4.78 is 15.3. The van der Waals surface area contributed by atoms with Crippen molar-refractivity contribution in [3.8, 4) is 5.69 Å². The van der Waals surface area contributed by atoms with Gasteiger partial charge in [-0.3, -0.25) is 4.57 Å². The fourth-order valence-electron chi connectivity index (χ4n) is 3.42. The molecule has 2 amide bonds. The van der Waals surface area contributed by atoms with E-state index in [4.69, 9.17) is 11.6 Å². The summed E-state index contributed by atoms with van der Waals surface area (Å²) in [4.78, 5) is 12.4. The molecule has 0 fully saturated rings. The van der Waals surface area contributed by atoms with Gasteiger partial charge in [0.2, 0.25) is 0 Å². The molecule has 1 heterocycles. The first-order valence-electron chi connectivity index (χ1n) is 10.6. The number of urea groups is 1. The van der Waals surface area contributed by atoms with Gasteiger partial charge in [0.05, 0.1) is 12.2 Å². The average Bonchev–Trinajstić information content (AvgIpc) is 3.20. The number of thioether (sulfide) groups is 1. The highest BCUT2D eigenvalue weighted by Crippen LogP contribution is 2.28. The summed E-state index contributed by atoms with van der Waals surface area (Å²) in [6, 6.07) is 19.1. The highest BCUT2D eigenvalue weighted by Gasteiger charge is 2.17. The first-order chi connectivity index (χ1) is 16.4. The van der Waals surface area contributed by atoms with E-state index in [9.17, 15) is 9.18 Å². The van der Waals surface area contributed by atoms with Crippen LogP contribution in [0.1, 0.15) is 22.5 Å². The maximum Gasteiger partial charge on any atom is 0.319 e. The van der Waals surface area contributed by atoms with E-state index >= 15 is 0 Å². The van der Waals surface area contributed by atoms with E-state index in [1.54, 1.807) is 17.8 Å². The highest BCUT2D eigenvalue weighted by atomic mass is 35.5. The molecular formula is C25H23ClFN5OS. The third-order valence-electron chi connectivity index (χ3n) is 5.05. The number of nitrogens with one attached hydrogen (secondary N) is 2. The zero-order valence-electron chi connectivity index (χ0n) is 18.7. The summed E-state index contributed by atoms with van der Waals surface area (Å²) >= 11 is 7.84. The van der Waals surface area contributed by atoms with Crippen LogP contribution in [0.4, 0.5) is 14.9 Å². The number of nitrogens with zero attached hydrogens (tertiary/aromatic N) is 3. The maximum absolute atomic E-state index is 13.4. The molecule has 0 aliphatic rings. The number of aryl methyl sites for hydroxylation is 2. The molecule has 0 spiro atoms. The van der Waals surface area contributed by atoms with Crippen LogP contribution >= 0.6 is 23.4 Å². The largest absolute Gasteiger partial charge is 0.331 e. The summed E-state index contributed by atoms with van der Waals surface area (Å²) in [5.74, 6) is 0.836. The minimum atomic E-state index is -0.475. The predicted octanol–water partition coefficient (Wildman–Crippen LogP) is 6.29. The van der Waals surface area contributed by atoms with Gasteiger partial charge in [-0.25, -0.2) is 9.18 Å². The van der Waals surface area contributed by atoms with Gasteiger partial charge < -0.3 is 10.6 Å². The molecule has 0 bridgehead atoms. The number of hydrogen-bond acceptors (Lipinski definition) is 4. The number of carbonyl (C=O) groups is 1. The van der Waals surface area contributed by atoms with Gasteiger partial charge in [0.25, 0.3) is 0 Å². The van der Waals surface area contributed by atoms with Gasteiger partial charge in [-0.05, 0) is 55.3 Å². The monoisotopic (exact) mass is 495 g/mol. The number of amides is 2. The van der Waals surface area contributed by atoms with Gasteiger partial charge in [-0.15, -0.1) is 10.2 Å². The zero-order chi connectivity index (χ0) is 24.1. The predicted molar refractivity (Wildman–Crippen MR) is 134 cm³/mol. The molecule has 3 aromatic carbocycles. The van der Waals surface area contributed by atoms with Crippen LogP contribution in [-0.4, -0.2) is 20.8 Å². The second-order valence-corrected chi connectivity index (χ2v) is 9.14. The number of anilines is 1. The standard InChI is InChI=1S/C25H23ClFN5OS/c1-16-5-3-6-18(11-16)15-34-25-31-30-23(32(25)22-12-19(26)10-9-17(22)2)14-28-24(33)29-21-8-4-7-20(27)13-21/h3-13H,14-15H2,1-2H3,(H2,28,29,33). The lowest BCUT2D eigenvalue weighted by atomic mass is 10.2. The summed E-state index contributed by atoms with van der Waals surface area (Å²) in [6.07, 6.45) is 0. The van der Waals surface area contributed by atoms with Crippen molar-refractivity contribution in [2.24, 2.45) is 0 Å². The third kappa shape index (κ3) is 5.95. The third-order valence-corrected chi connectivity index (χ3v) is 6.29. The van der Waals surface area contributed by atoms with Crippen molar-refractivity contribution in [1.82, 2.24) is 20.1 Å². The Labute approximate surface area is 206 Å². The molecule has 4 rings (SSSR count). The molecule has 0 saturated heterocycles. The van der Waals surface area contributed by atoms with Gasteiger partial charge in [-0.1, -0.05) is 65.3 Å². The molecule has 0 saturated carbocycles. The van der Waals surface area contributed by atoms with E-state index < -0.39 is 11.8 Å². The Morgan fingerprint density at radius 2 is 1.88 bits per heavy atom. The lowest BCUT2D eigenvalue weighted by Gasteiger charge is -2.14. The molecule has 0 aliphatic heterocycles. The molecule has 174 valence electrons. The molecule has 0 aliphatic carbocycles. The summed E-state index contributed by atoms with van der Waals surface area (Å²) in [6.45, 7) is 4.16. The molecular weight excluding hydrogens is 473 g/mol. The van der Waals surface area contributed by atoms with E-state index in [1.165, 1.54) is 29.3 Å². The molecule has 1 aromatic heterocycles. The van der Waals surface area contributed by atoms with Crippen molar-refractivity contribution in [2.75, 3.05) is 5.32 Å². The number of carbonyl (C=O) groups excluding carboxylic acids is 1. The Kier molecular flexibility index (Phi) is 7.49. The second kappa shape index (κ2) is 10.7. The summed E-state index contributed by atoms with van der Waals surface area (Å²) in [7, 11) is 0. The van der Waals surface area contributed by atoms with Crippen molar-refractivity contribution in [3.63, 3.8) is 0 Å². The van der Waals surface area contributed by atoms with Crippen LogP contribution in [0, 0.1) is 19.7 Å². The molecule has 0 atom stereocenters. The lowest BCUT2D eigenvalue weighted by molar-refractivity contribution is 0.251. The first-order valence-corrected chi connectivity index (χ1v) is 11.9. The minimum absolute atomic E-state index is 0.116. The quantitative estimate of drug-likeness (QED) is 0.295. The number of benzene rings is 3. The summed E-state index contributed by atoms with van der Waals surface area (Å²) in [5, 5.41) is 15.4. The molecule has 9 heteroatoms. The van der Waals surface area contributed by atoms with E-state index in [-0.39, 0.29) is 6.54 Å². The number of rotatable bonds is 7. The van der Waals surface area contributed by atoms with Crippen LogP contribution in [0.15, 0.2) is 71.9 Å². The van der Waals surface area contributed by atoms with Gasteiger partial charge in [0.15, 0.2) is 11.0 Å². The highest BCUT2D eigenvalue weighted by molar-refractivity contribution is 7.98. The maximum atomic E-state index is 13.4. The molecule has 2 N–H and O–H groups in total. The first kappa shape index (κ1) is 23.8. The van der Waals surface area contributed by atoms with Crippen molar-refractivity contribution >= 4 is 35.1 Å². The molecule has 0 unspecified atom stereocenters. The zero-order valence-corrected chi connectivity index (χ0v) is 20.3. The van der Waals surface area contributed by atoms with Crippen LogP contribution in [-0.2, 0) is 12.3 Å². The van der Waals surface area contributed by atoms with E-state index in [1.807, 2.05) is 35.8 Å². The lowest BCUT2D eigenvalue weighted by Crippen LogP contribution is -2.29. The smallest absolute Gasteiger partial charge is 0.319 e. The second-order valence-electron chi connectivity index (χ2n) is 7.76. The summed E-state index contributed by atoms with van der Waals surface area (Å²) in [5.41, 5.74) is 4.56. The number of aromatic nitrogens is 3. The van der Waals surface area contributed by atoms with Crippen molar-refractivity contribution in [1.29, 1.82) is 0 Å². The number of halogens is 2. The van der Waals surface area contributed by atoms with Gasteiger partial charge in [-0.2, -0.15) is 0 Å². The van der Waals surface area contributed by atoms with Crippen LogP contribution in [0.25, 0.3) is 5.69 Å². The Bertz CT molecular complexity index is 1330. The Morgan fingerprint density at radius 1 is 1.06 bits per heavy atom. The van der Waals surface area contributed by atoms with Crippen molar-refractivity contribution in [3.05, 3.63) is 100 Å². The van der Waals surface area contributed by atoms with Crippen LogP contribution in [0.2, 0.25) is 5.02 Å². The number of hydrogen-bond donors (Lipinski definition) is 2. The van der Waals surface area contributed by atoms with Gasteiger partial charge in [0, 0.05) is 16.5 Å². The molecule has 4 aromatic rings. The Morgan fingerprint density at radius 3 is 2.68 bits per heavy atom. The fraction of sp³-hybridized carbons (Fsp3) is 0.160. The van der Waals surface area contributed by atoms with Crippen molar-refractivity contribution in [2.45, 2.75) is 31.3 Å². The van der Waals surface area contributed by atoms with Crippen LogP contribution in [0.5, 0.6) is 0 Å². The Balaban J connectivity index is 1.56. The fourth-order valence-corrected chi connectivity index (χ4v) is 4.50. The van der Waals surface area contributed by atoms with Crippen molar-refractivity contribution < 1.29 is 9.18 Å². The Hall–Kier alpha value is -3.36. The van der Waals surface area contributed by atoms with Gasteiger partial charge in [0.1, 0.15) is 5.82 Å². The average molecular weight is 496 g/mol. The van der Waals surface area contributed by atoms with Crippen LogP contribution < -0.4 is 10.6 Å². The van der Waals surface area contributed by atoms with Crippen LogP contribution in [0.3, 0.4) is 0 Å².